The van der Waals surface area contributed by atoms with Gasteiger partial charge in [0.15, 0.2) is 12.2 Å². The van der Waals surface area contributed by atoms with Crippen molar-refractivity contribution in [1.29, 1.82) is 0 Å². The summed E-state index contributed by atoms with van der Waals surface area (Å²) in [5.41, 5.74) is 0. The molecule has 0 fully saturated rings. The zero-order valence-corrected chi connectivity index (χ0v) is 68.4. The monoisotopic (exact) mass is 1490 g/mol. The summed E-state index contributed by atoms with van der Waals surface area (Å²) in [5.74, 6) is 0.235. The van der Waals surface area contributed by atoms with E-state index in [9.17, 15) is 43.2 Å². The SMILES string of the molecule is CCCCCC/C=C\C=C/CCCCCCCC(=O)O[C@H](COC(=O)CCCCCCCCCCC(C)CC)COP(=O)(O)OC[C@H](O)COP(=O)(O)OC[C@@H](COC(=O)CCCCCCCCCCCCCCCCC(C)C)OC(=O)CCCCCCCCCCCCCCCCCC(C)C. The van der Waals surface area contributed by atoms with Crippen molar-refractivity contribution in [3.8, 4) is 0 Å². The van der Waals surface area contributed by atoms with Crippen molar-refractivity contribution in [1.82, 2.24) is 0 Å². The predicted molar refractivity (Wildman–Crippen MR) is 418 cm³/mol. The number of aliphatic hydroxyl groups is 1. The Bertz CT molecular complexity index is 2070. The number of phosphoric ester groups is 2. The fourth-order valence-electron chi connectivity index (χ4n) is 12.3. The molecule has 0 aromatic rings. The van der Waals surface area contributed by atoms with E-state index in [1.807, 2.05) is 0 Å². The predicted octanol–water partition coefficient (Wildman–Crippen LogP) is 24.5. The number of unbranched alkanes of at least 4 members (excludes halogenated alkanes) is 43. The first-order valence-electron chi connectivity index (χ1n) is 42.2. The van der Waals surface area contributed by atoms with Gasteiger partial charge in [0.1, 0.15) is 19.3 Å². The minimum atomic E-state index is -4.97. The fraction of sp³-hybridized carbons (Fsp3) is 0.904. The molecule has 0 heterocycles. The number of rotatable bonds is 79. The molecule has 19 heteroatoms. The topological polar surface area (TPSA) is 237 Å². The van der Waals surface area contributed by atoms with Crippen molar-refractivity contribution in [2.24, 2.45) is 17.8 Å². The van der Waals surface area contributed by atoms with Crippen LogP contribution in [0.25, 0.3) is 0 Å². The third-order valence-corrected chi connectivity index (χ3v) is 21.0. The first-order chi connectivity index (χ1) is 49.3. The van der Waals surface area contributed by atoms with Gasteiger partial charge in [-0.05, 0) is 69.1 Å². The van der Waals surface area contributed by atoms with Crippen molar-refractivity contribution in [3.63, 3.8) is 0 Å². The standard InChI is InChI=1S/C83H158O17P2/c1-8-10-11-12-13-14-15-16-18-26-31-36-45-52-59-66-83(88)100-79(71-94-81(86)65-58-51-44-39-38-42-49-56-63-76(7)9-2)73-98-102(91,92)96-69-77(84)68-95-101(89,90)97-72-78(70-93-80(85)64-57-50-43-35-30-25-22-21-24-29-34-41-48-55-62-75(5)6)99-82(87)67-60-53-46-37-32-27-20-17-19-23-28-33-40-47-54-61-74(3)4/h14-16,18,74-79,84H,8-13,17,19-73H2,1-7H3,(H,89,90)(H,91,92)/b15-14-,18-16-/t76?,77-,78-,79-/m1/s1. The van der Waals surface area contributed by atoms with E-state index in [-0.39, 0.29) is 25.7 Å². The molecule has 0 aliphatic heterocycles. The van der Waals surface area contributed by atoms with Crippen LogP contribution in [0.3, 0.4) is 0 Å². The average Bonchev–Trinajstić information content (AvgIpc) is 0.932. The minimum Gasteiger partial charge on any atom is -0.462 e. The average molecular weight is 1490 g/mol. The number of carbonyl (C=O) groups excluding carboxylic acids is 4. The van der Waals surface area contributed by atoms with Gasteiger partial charge in [-0.15, -0.1) is 0 Å². The van der Waals surface area contributed by atoms with Crippen molar-refractivity contribution in [3.05, 3.63) is 24.3 Å². The van der Waals surface area contributed by atoms with Gasteiger partial charge in [-0.25, -0.2) is 9.13 Å². The van der Waals surface area contributed by atoms with E-state index in [1.54, 1.807) is 0 Å². The lowest BCUT2D eigenvalue weighted by molar-refractivity contribution is -0.161. The molecule has 0 aromatic carbocycles. The van der Waals surface area contributed by atoms with Gasteiger partial charge in [0, 0.05) is 25.7 Å². The third-order valence-electron chi connectivity index (χ3n) is 19.1. The molecule has 0 aliphatic rings. The Morgan fingerprint density at radius 2 is 0.578 bits per heavy atom. The Kier molecular flexibility index (Phi) is 71.0. The van der Waals surface area contributed by atoms with Crippen LogP contribution >= 0.6 is 15.6 Å². The number of hydrogen-bond donors (Lipinski definition) is 3. The molecule has 0 rings (SSSR count). The number of esters is 4. The minimum absolute atomic E-state index is 0.0845. The molecule has 0 saturated carbocycles. The van der Waals surface area contributed by atoms with Crippen LogP contribution in [0.1, 0.15) is 408 Å². The molecule has 0 radical (unpaired) electrons. The molecule has 0 saturated heterocycles. The van der Waals surface area contributed by atoms with Crippen LogP contribution in [0.5, 0.6) is 0 Å². The molecule has 0 aliphatic carbocycles. The molecular weight excluding hydrogens is 1330 g/mol. The molecule has 0 aromatic heterocycles. The first kappa shape index (κ1) is 99.5. The highest BCUT2D eigenvalue weighted by molar-refractivity contribution is 7.47. The van der Waals surface area contributed by atoms with E-state index >= 15 is 0 Å². The molecule has 0 bridgehead atoms. The number of aliphatic hydroxyl groups excluding tert-OH is 1. The molecule has 0 amide bonds. The molecule has 17 nitrogen and oxygen atoms in total. The number of phosphoric acid groups is 2. The normalized spacial score (nSPS) is 14.4. The maximum absolute atomic E-state index is 13.1. The lowest BCUT2D eigenvalue weighted by Gasteiger charge is -2.21. The summed E-state index contributed by atoms with van der Waals surface area (Å²) in [6.45, 7) is 11.9. The number of ether oxygens (including phenoxy) is 4. The van der Waals surface area contributed by atoms with Gasteiger partial charge in [0.25, 0.3) is 0 Å². The Hall–Kier alpha value is -2.46. The molecule has 6 atom stereocenters. The quantitative estimate of drug-likeness (QED) is 0.0169. The van der Waals surface area contributed by atoms with Gasteiger partial charge in [-0.3, -0.25) is 37.3 Å². The van der Waals surface area contributed by atoms with Crippen LogP contribution < -0.4 is 0 Å². The molecule has 0 spiro atoms. The van der Waals surface area contributed by atoms with Crippen LogP contribution in [0.2, 0.25) is 0 Å². The van der Waals surface area contributed by atoms with Gasteiger partial charge in [0.05, 0.1) is 26.4 Å². The lowest BCUT2D eigenvalue weighted by atomic mass is 9.99. The largest absolute Gasteiger partial charge is 0.472 e. The number of allylic oxidation sites excluding steroid dienone is 4. The van der Waals surface area contributed by atoms with Gasteiger partial charge in [-0.2, -0.15) is 0 Å². The number of hydrogen-bond acceptors (Lipinski definition) is 15. The van der Waals surface area contributed by atoms with Crippen molar-refractivity contribution in [2.75, 3.05) is 39.6 Å². The Morgan fingerprint density at radius 3 is 0.873 bits per heavy atom. The van der Waals surface area contributed by atoms with Crippen LogP contribution in [0, 0.1) is 17.8 Å². The lowest BCUT2D eigenvalue weighted by Crippen LogP contribution is -2.30. The highest BCUT2D eigenvalue weighted by atomic mass is 31.2. The number of carbonyl (C=O) groups is 4. The second kappa shape index (κ2) is 72.7. The molecule has 3 N–H and O–H groups in total. The van der Waals surface area contributed by atoms with Crippen molar-refractivity contribution < 1.29 is 80.2 Å². The van der Waals surface area contributed by atoms with E-state index in [4.69, 9.17) is 37.0 Å². The summed E-state index contributed by atoms with van der Waals surface area (Å²) >= 11 is 0. The van der Waals surface area contributed by atoms with Gasteiger partial charge in [-0.1, -0.05) is 355 Å². The maximum atomic E-state index is 13.1. The van der Waals surface area contributed by atoms with Crippen molar-refractivity contribution in [2.45, 2.75) is 426 Å². The first-order valence-corrected chi connectivity index (χ1v) is 45.2. The van der Waals surface area contributed by atoms with E-state index in [1.165, 1.54) is 205 Å². The smallest absolute Gasteiger partial charge is 0.462 e. The summed E-state index contributed by atoms with van der Waals surface area (Å²) < 4.78 is 68.8. The summed E-state index contributed by atoms with van der Waals surface area (Å²) in [5, 5.41) is 10.7. The second-order valence-corrected chi connectivity index (χ2v) is 33.3. The summed E-state index contributed by atoms with van der Waals surface area (Å²) in [4.78, 5) is 73.1. The highest BCUT2D eigenvalue weighted by Crippen LogP contribution is 2.45. The van der Waals surface area contributed by atoms with Crippen molar-refractivity contribution >= 4 is 39.5 Å². The summed E-state index contributed by atoms with van der Waals surface area (Å²) in [7, 11) is -9.94. The van der Waals surface area contributed by atoms with E-state index in [2.05, 4.69) is 72.8 Å². The zero-order chi connectivity index (χ0) is 75.1. The summed E-state index contributed by atoms with van der Waals surface area (Å²) in [6.07, 6.45) is 64.5. The van der Waals surface area contributed by atoms with Gasteiger partial charge in [0.2, 0.25) is 0 Å². The Labute approximate surface area is 624 Å². The van der Waals surface area contributed by atoms with Gasteiger partial charge < -0.3 is 33.8 Å². The maximum Gasteiger partial charge on any atom is 0.472 e. The van der Waals surface area contributed by atoms with E-state index in [0.717, 1.165) is 120 Å². The van der Waals surface area contributed by atoms with Crippen LogP contribution in [-0.2, 0) is 65.4 Å². The van der Waals surface area contributed by atoms with Crippen LogP contribution in [0.4, 0.5) is 0 Å². The van der Waals surface area contributed by atoms with Crippen LogP contribution in [0.15, 0.2) is 24.3 Å². The highest BCUT2D eigenvalue weighted by Gasteiger charge is 2.30. The molecular formula is C83H158O17P2. The van der Waals surface area contributed by atoms with E-state index in [0.29, 0.717) is 25.7 Å². The van der Waals surface area contributed by atoms with E-state index < -0.39 is 97.5 Å². The summed E-state index contributed by atoms with van der Waals surface area (Å²) in [6, 6.07) is 0. The Balaban J connectivity index is 5.30. The van der Waals surface area contributed by atoms with Gasteiger partial charge >= 0.3 is 39.5 Å². The molecule has 602 valence electrons. The second-order valence-electron chi connectivity index (χ2n) is 30.4. The Morgan fingerprint density at radius 1 is 0.324 bits per heavy atom. The van der Waals surface area contributed by atoms with Crippen LogP contribution in [-0.4, -0.2) is 96.7 Å². The molecule has 102 heavy (non-hydrogen) atoms. The third kappa shape index (κ3) is 74.4. The molecule has 3 unspecified atom stereocenters. The zero-order valence-electron chi connectivity index (χ0n) is 66.6. The fourth-order valence-corrected chi connectivity index (χ4v) is 13.8.